The maximum atomic E-state index is 4.36. The summed E-state index contributed by atoms with van der Waals surface area (Å²) >= 11 is 0. The maximum Gasteiger partial charge on any atom is 0.115 e. The van der Waals surface area contributed by atoms with Crippen LogP contribution >= 0.6 is 0 Å². The number of hydrogen-bond donors (Lipinski definition) is 0. The highest BCUT2D eigenvalue weighted by atomic mass is 14.9. The molecule has 118 valence electrons. The van der Waals surface area contributed by atoms with Gasteiger partial charge in [-0.1, -0.05) is 46.4 Å². The van der Waals surface area contributed by atoms with E-state index in [0.717, 1.165) is 17.0 Å². The molecule has 0 saturated heterocycles. The molecule has 1 aromatic rings. The molecule has 0 bridgehead atoms. The van der Waals surface area contributed by atoms with Gasteiger partial charge < -0.3 is 0 Å². The third-order valence-electron chi connectivity index (χ3n) is 4.72. The van der Waals surface area contributed by atoms with Crippen molar-refractivity contribution in [1.29, 1.82) is 0 Å². The number of nitrogens with zero attached hydrogens (tertiary/aromatic N) is 2. The Bertz CT molecular complexity index is 642. The normalized spacial score (nSPS) is 18.8. The van der Waals surface area contributed by atoms with Crippen molar-refractivity contribution >= 4 is 17.7 Å². The smallest absolute Gasteiger partial charge is 0.115 e. The minimum atomic E-state index is 0.211. The number of hydrogen-bond acceptors (Lipinski definition) is 1. The van der Waals surface area contributed by atoms with Gasteiger partial charge in [0, 0.05) is 5.71 Å². The molecule has 0 heterocycles. The van der Waals surface area contributed by atoms with Crippen molar-refractivity contribution in [1.82, 2.24) is 0 Å². The highest BCUT2D eigenvalue weighted by Gasteiger charge is 2.36. The van der Waals surface area contributed by atoms with Gasteiger partial charge >= 0.3 is 0 Å². The Morgan fingerprint density at radius 1 is 1.05 bits per heavy atom. The summed E-state index contributed by atoms with van der Waals surface area (Å²) in [5, 5.41) is 0. The molecule has 0 fully saturated rings. The van der Waals surface area contributed by atoms with E-state index in [2.05, 4.69) is 62.5 Å². The zero-order chi connectivity index (χ0) is 16.5. The Hall–Kier alpha value is -1.70. The molecule has 1 aliphatic rings. The Balaban J connectivity index is 2.40. The minimum Gasteiger partial charge on any atom is -0.246 e. The van der Waals surface area contributed by atoms with E-state index in [9.17, 15) is 0 Å². The average Bonchev–Trinajstić information content (AvgIpc) is 2.43. The van der Waals surface area contributed by atoms with Crippen LogP contribution in [-0.2, 0) is 10.8 Å². The molecule has 2 heteroatoms. The fraction of sp³-hybridized carbons (Fsp3) is 0.500. The van der Waals surface area contributed by atoms with Crippen LogP contribution in [0.1, 0.15) is 71.1 Å². The van der Waals surface area contributed by atoms with Crippen LogP contribution in [0.5, 0.6) is 0 Å². The van der Waals surface area contributed by atoms with Gasteiger partial charge in [0.15, 0.2) is 0 Å². The second kappa shape index (κ2) is 5.83. The summed E-state index contributed by atoms with van der Waals surface area (Å²) in [7, 11) is 0. The van der Waals surface area contributed by atoms with E-state index in [1.54, 1.807) is 6.34 Å². The van der Waals surface area contributed by atoms with E-state index in [1.807, 2.05) is 13.8 Å². The molecular weight excluding hydrogens is 268 g/mol. The molecule has 0 radical (unpaired) electrons. The van der Waals surface area contributed by atoms with Gasteiger partial charge in [-0.2, -0.15) is 0 Å². The predicted molar refractivity (Wildman–Crippen MR) is 98.0 cm³/mol. The molecule has 0 aromatic heterocycles. The van der Waals surface area contributed by atoms with Crippen LogP contribution in [0.2, 0.25) is 0 Å². The number of aliphatic imine (C=N–C) groups is 2. The van der Waals surface area contributed by atoms with Gasteiger partial charge in [-0.3, -0.25) is 0 Å². The Kier molecular flexibility index (Phi) is 4.42. The first-order valence-electron chi connectivity index (χ1n) is 8.01. The van der Waals surface area contributed by atoms with Gasteiger partial charge in [-0.15, -0.1) is 0 Å². The number of benzene rings is 1. The molecule has 2 nitrogen and oxygen atoms in total. The molecule has 2 rings (SSSR count). The molecule has 0 aliphatic heterocycles. The number of fused-ring (bicyclic) bond motifs is 1. The van der Waals surface area contributed by atoms with E-state index < -0.39 is 0 Å². The van der Waals surface area contributed by atoms with Gasteiger partial charge in [0.1, 0.15) is 6.34 Å². The average molecular weight is 296 g/mol. The lowest BCUT2D eigenvalue weighted by Crippen LogP contribution is -2.33. The van der Waals surface area contributed by atoms with E-state index in [1.165, 1.54) is 24.0 Å². The van der Waals surface area contributed by atoms with Gasteiger partial charge in [0.2, 0.25) is 0 Å². The molecule has 0 saturated carbocycles. The lowest BCUT2D eigenvalue weighted by molar-refractivity contribution is 0.332. The summed E-state index contributed by atoms with van der Waals surface area (Å²) in [5.74, 6) is 0. The molecule has 0 atom stereocenters. The molecule has 1 aliphatic carbocycles. The molecule has 0 N–H and O–H groups in total. The first-order chi connectivity index (χ1) is 10.1. The summed E-state index contributed by atoms with van der Waals surface area (Å²) in [5.41, 5.74) is 6.21. The van der Waals surface area contributed by atoms with Gasteiger partial charge in [0.25, 0.3) is 0 Å². The molecule has 0 unspecified atom stereocenters. The fourth-order valence-corrected chi connectivity index (χ4v) is 3.06. The zero-order valence-electron chi connectivity index (χ0n) is 14.8. The molecule has 0 spiro atoms. The second-order valence-corrected chi connectivity index (χ2v) is 7.80. The van der Waals surface area contributed by atoms with Crippen molar-refractivity contribution in [2.75, 3.05) is 0 Å². The van der Waals surface area contributed by atoms with Gasteiger partial charge in [-0.05, 0) is 60.3 Å². The van der Waals surface area contributed by atoms with Gasteiger partial charge in [0.05, 0.1) is 5.70 Å². The van der Waals surface area contributed by atoms with Crippen LogP contribution < -0.4 is 0 Å². The van der Waals surface area contributed by atoms with Crippen LogP contribution in [0.4, 0.5) is 0 Å². The minimum absolute atomic E-state index is 0.211. The summed E-state index contributed by atoms with van der Waals surface area (Å²) in [6, 6.07) is 6.68. The fourth-order valence-electron chi connectivity index (χ4n) is 3.06. The summed E-state index contributed by atoms with van der Waals surface area (Å²) in [6.07, 6.45) is 4.04. The highest BCUT2D eigenvalue weighted by Crippen LogP contribution is 2.46. The van der Waals surface area contributed by atoms with Crippen molar-refractivity contribution in [3.8, 4) is 0 Å². The summed E-state index contributed by atoms with van der Waals surface area (Å²) in [6.45, 7) is 17.4. The van der Waals surface area contributed by atoms with Crippen LogP contribution in [0.15, 0.2) is 34.8 Å². The topological polar surface area (TPSA) is 24.7 Å². The zero-order valence-corrected chi connectivity index (χ0v) is 14.8. The first-order valence-corrected chi connectivity index (χ1v) is 8.01. The molecule has 1 aromatic carbocycles. The number of rotatable bonds is 3. The van der Waals surface area contributed by atoms with E-state index >= 15 is 0 Å². The van der Waals surface area contributed by atoms with Crippen molar-refractivity contribution in [2.24, 2.45) is 9.98 Å². The quantitative estimate of drug-likeness (QED) is 0.518. The van der Waals surface area contributed by atoms with Crippen LogP contribution in [0.3, 0.4) is 0 Å². The van der Waals surface area contributed by atoms with Crippen molar-refractivity contribution in [3.63, 3.8) is 0 Å². The Morgan fingerprint density at radius 2 is 1.64 bits per heavy atom. The standard InChI is InChI=1S/C20H28N2/c1-14(2)21-13-22-15(3)16-8-9-17-18(12-16)20(6,7)11-10-19(17,4)5/h8-9,12-13H,3,10-11H2,1-2,4-7H3. The van der Waals surface area contributed by atoms with Crippen LogP contribution in [0, 0.1) is 0 Å². The van der Waals surface area contributed by atoms with Gasteiger partial charge in [-0.25, -0.2) is 9.98 Å². The van der Waals surface area contributed by atoms with Crippen molar-refractivity contribution < 1.29 is 0 Å². The largest absolute Gasteiger partial charge is 0.246 e. The molecular formula is C20H28N2. The van der Waals surface area contributed by atoms with Crippen LogP contribution in [0.25, 0.3) is 5.70 Å². The second-order valence-electron chi connectivity index (χ2n) is 7.80. The third kappa shape index (κ3) is 3.37. The third-order valence-corrected chi connectivity index (χ3v) is 4.72. The lowest BCUT2D eigenvalue weighted by Gasteiger charge is -2.42. The van der Waals surface area contributed by atoms with E-state index in [-0.39, 0.29) is 10.8 Å². The maximum absolute atomic E-state index is 4.36. The monoisotopic (exact) mass is 296 g/mol. The molecule has 22 heavy (non-hydrogen) atoms. The first kappa shape index (κ1) is 16.7. The van der Waals surface area contributed by atoms with E-state index in [0.29, 0.717) is 0 Å². The lowest BCUT2D eigenvalue weighted by atomic mass is 9.63. The molecule has 0 amide bonds. The predicted octanol–water partition coefficient (Wildman–Crippen LogP) is 5.52. The Morgan fingerprint density at radius 3 is 2.23 bits per heavy atom. The van der Waals surface area contributed by atoms with Crippen LogP contribution in [-0.4, -0.2) is 12.1 Å². The summed E-state index contributed by atoms with van der Waals surface area (Å²) in [4.78, 5) is 8.55. The van der Waals surface area contributed by atoms with Crippen molar-refractivity contribution in [2.45, 2.75) is 65.2 Å². The summed E-state index contributed by atoms with van der Waals surface area (Å²) < 4.78 is 0. The van der Waals surface area contributed by atoms with E-state index in [4.69, 9.17) is 0 Å². The Labute approximate surface area is 135 Å². The highest BCUT2D eigenvalue weighted by molar-refractivity contribution is 5.87. The SMILES string of the molecule is C=C(N=CN=C(C)C)c1ccc2c(c1)C(C)(C)CCC2(C)C. The van der Waals surface area contributed by atoms with Crippen molar-refractivity contribution in [3.05, 3.63) is 41.5 Å².